The van der Waals surface area contributed by atoms with Gasteiger partial charge < -0.3 is 10.0 Å². The van der Waals surface area contributed by atoms with Crippen LogP contribution in [0.2, 0.25) is 0 Å². The molecule has 5 heteroatoms. The minimum absolute atomic E-state index is 0.220. The molecule has 0 aromatic rings. The van der Waals surface area contributed by atoms with Crippen LogP contribution in [0.3, 0.4) is 0 Å². The van der Waals surface area contributed by atoms with E-state index in [9.17, 15) is 9.59 Å². The minimum Gasteiger partial charge on any atom is -0.481 e. The number of likely N-dealkylation sites (tertiary alicyclic amines) is 2. The van der Waals surface area contributed by atoms with E-state index < -0.39 is 5.97 Å². The molecule has 2 heterocycles. The number of carboxylic acid groups (broad SMARTS) is 1. The number of aliphatic carboxylic acids is 1. The van der Waals surface area contributed by atoms with E-state index in [0.717, 1.165) is 25.9 Å². The summed E-state index contributed by atoms with van der Waals surface area (Å²) in [6.07, 6.45) is 8.08. The Morgan fingerprint density at radius 2 is 1.76 bits per heavy atom. The van der Waals surface area contributed by atoms with Gasteiger partial charge >= 0.3 is 5.97 Å². The molecule has 2 saturated heterocycles. The number of carbonyl (C=O) groups excluding carboxylic acids is 1. The monoisotopic (exact) mass is 294 g/mol. The van der Waals surface area contributed by atoms with Crippen molar-refractivity contribution in [2.24, 2.45) is 11.8 Å². The fourth-order valence-electron chi connectivity index (χ4n) is 4.39. The first kappa shape index (κ1) is 14.8. The summed E-state index contributed by atoms with van der Waals surface area (Å²) in [6.45, 7) is 2.58. The van der Waals surface area contributed by atoms with Gasteiger partial charge in [-0.05, 0) is 44.6 Å². The zero-order chi connectivity index (χ0) is 14.8. The number of carboxylic acids is 1. The third kappa shape index (κ3) is 3.23. The average Bonchev–Trinajstić information content (AvgIpc) is 2.95. The molecule has 0 unspecified atom stereocenters. The summed E-state index contributed by atoms with van der Waals surface area (Å²) in [5.41, 5.74) is 0. The lowest BCUT2D eigenvalue weighted by Gasteiger charge is -2.44. The van der Waals surface area contributed by atoms with Crippen molar-refractivity contribution in [3.8, 4) is 0 Å². The lowest BCUT2D eigenvalue weighted by Crippen LogP contribution is -2.52. The van der Waals surface area contributed by atoms with E-state index in [1.54, 1.807) is 0 Å². The Bertz CT molecular complexity index is 410. The van der Waals surface area contributed by atoms with Gasteiger partial charge in [-0.2, -0.15) is 0 Å². The van der Waals surface area contributed by atoms with E-state index >= 15 is 0 Å². The molecular formula is C16H26N2O3. The number of carbonyl (C=O) groups is 2. The van der Waals surface area contributed by atoms with Gasteiger partial charge in [0.25, 0.3) is 0 Å². The van der Waals surface area contributed by atoms with Crippen LogP contribution >= 0.6 is 0 Å². The number of nitrogens with zero attached hydrogens (tertiary/aromatic N) is 2. The summed E-state index contributed by atoms with van der Waals surface area (Å²) < 4.78 is 0. The number of rotatable bonds is 3. The minimum atomic E-state index is -0.727. The molecule has 118 valence electrons. The highest BCUT2D eigenvalue weighted by Gasteiger charge is 2.37. The van der Waals surface area contributed by atoms with Crippen LogP contribution in [0.5, 0.6) is 0 Å². The van der Waals surface area contributed by atoms with E-state index in [1.165, 1.54) is 25.7 Å². The number of hydrogen-bond acceptors (Lipinski definition) is 3. The second-order valence-corrected chi connectivity index (χ2v) is 6.90. The molecule has 3 atom stereocenters. The Labute approximate surface area is 126 Å². The highest BCUT2D eigenvalue weighted by molar-refractivity contribution is 5.79. The largest absolute Gasteiger partial charge is 0.481 e. The molecule has 21 heavy (non-hydrogen) atoms. The van der Waals surface area contributed by atoms with Crippen LogP contribution in [-0.2, 0) is 9.59 Å². The van der Waals surface area contributed by atoms with E-state index in [2.05, 4.69) is 4.90 Å². The summed E-state index contributed by atoms with van der Waals surface area (Å²) >= 11 is 0. The van der Waals surface area contributed by atoms with Crippen LogP contribution in [-0.4, -0.2) is 59.0 Å². The number of fused-ring (bicyclic) bond motifs is 1. The third-order valence-electron chi connectivity index (χ3n) is 5.54. The van der Waals surface area contributed by atoms with Crippen LogP contribution < -0.4 is 0 Å². The summed E-state index contributed by atoms with van der Waals surface area (Å²) in [7, 11) is 0. The number of piperidine rings is 1. The fraction of sp³-hybridized carbons (Fsp3) is 0.875. The highest BCUT2D eigenvalue weighted by atomic mass is 16.4. The Hall–Kier alpha value is -1.10. The molecule has 0 aromatic carbocycles. The van der Waals surface area contributed by atoms with Crippen molar-refractivity contribution in [1.82, 2.24) is 9.80 Å². The van der Waals surface area contributed by atoms with Crippen molar-refractivity contribution in [3.05, 3.63) is 0 Å². The molecule has 0 aromatic heterocycles. The van der Waals surface area contributed by atoms with Gasteiger partial charge in [-0.3, -0.25) is 14.5 Å². The maximum Gasteiger partial charge on any atom is 0.307 e. The maximum absolute atomic E-state index is 12.6. The first-order chi connectivity index (χ1) is 10.1. The van der Waals surface area contributed by atoms with Gasteiger partial charge in [0.15, 0.2) is 0 Å². The maximum atomic E-state index is 12.6. The smallest absolute Gasteiger partial charge is 0.307 e. The Balaban J connectivity index is 1.56. The zero-order valence-electron chi connectivity index (χ0n) is 12.7. The van der Waals surface area contributed by atoms with Crippen molar-refractivity contribution in [3.63, 3.8) is 0 Å². The lowest BCUT2D eigenvalue weighted by atomic mass is 9.78. The molecule has 5 nitrogen and oxygen atoms in total. The van der Waals surface area contributed by atoms with Gasteiger partial charge in [-0.1, -0.05) is 12.8 Å². The quantitative estimate of drug-likeness (QED) is 0.858. The molecule has 1 saturated carbocycles. The Kier molecular flexibility index (Phi) is 4.48. The predicted molar refractivity (Wildman–Crippen MR) is 78.9 cm³/mol. The number of amides is 1. The molecule has 1 aliphatic carbocycles. The second-order valence-electron chi connectivity index (χ2n) is 6.90. The molecule has 2 aliphatic heterocycles. The summed E-state index contributed by atoms with van der Waals surface area (Å²) in [5, 5.41) is 9.05. The van der Waals surface area contributed by atoms with Crippen LogP contribution in [0.25, 0.3) is 0 Å². The van der Waals surface area contributed by atoms with Gasteiger partial charge in [0.2, 0.25) is 5.91 Å². The van der Waals surface area contributed by atoms with Crippen LogP contribution in [0.4, 0.5) is 0 Å². The van der Waals surface area contributed by atoms with Gasteiger partial charge in [0.05, 0.1) is 12.5 Å². The SMILES string of the molecule is O=C(O)[C@@H]1CCN(CC(=O)N2CCC[C@H]3CCCC[C@@H]32)C1. The highest BCUT2D eigenvalue weighted by Crippen LogP contribution is 2.35. The molecule has 0 radical (unpaired) electrons. The van der Waals surface area contributed by atoms with E-state index in [-0.39, 0.29) is 11.8 Å². The summed E-state index contributed by atoms with van der Waals surface area (Å²) in [6, 6.07) is 0.456. The van der Waals surface area contributed by atoms with Crippen LogP contribution in [0, 0.1) is 11.8 Å². The Morgan fingerprint density at radius 1 is 1.00 bits per heavy atom. The number of hydrogen-bond donors (Lipinski definition) is 1. The van der Waals surface area contributed by atoms with Crippen molar-refractivity contribution < 1.29 is 14.7 Å². The van der Waals surface area contributed by atoms with Gasteiger partial charge in [-0.15, -0.1) is 0 Å². The molecule has 0 spiro atoms. The van der Waals surface area contributed by atoms with E-state index in [1.807, 2.05) is 4.90 Å². The molecule has 3 aliphatic rings. The molecule has 1 amide bonds. The molecule has 1 N–H and O–H groups in total. The summed E-state index contributed by atoms with van der Waals surface area (Å²) in [5.74, 6) is -0.0868. The fourth-order valence-corrected chi connectivity index (χ4v) is 4.39. The standard InChI is InChI=1S/C16H26N2O3/c19-15(11-17-9-7-13(10-17)16(20)21)18-8-3-5-12-4-1-2-6-14(12)18/h12-14H,1-11H2,(H,20,21)/t12-,13-,14+/m1/s1. The van der Waals surface area contributed by atoms with Gasteiger partial charge in [0.1, 0.15) is 0 Å². The summed E-state index contributed by atoms with van der Waals surface area (Å²) in [4.78, 5) is 27.8. The molecular weight excluding hydrogens is 268 g/mol. The average molecular weight is 294 g/mol. The van der Waals surface area contributed by atoms with Gasteiger partial charge in [0, 0.05) is 19.1 Å². The van der Waals surface area contributed by atoms with E-state index in [0.29, 0.717) is 31.5 Å². The molecule has 3 fully saturated rings. The van der Waals surface area contributed by atoms with Crippen molar-refractivity contribution in [1.29, 1.82) is 0 Å². The van der Waals surface area contributed by atoms with Crippen LogP contribution in [0.15, 0.2) is 0 Å². The topological polar surface area (TPSA) is 60.9 Å². The predicted octanol–water partition coefficient (Wildman–Crippen LogP) is 1.57. The van der Waals surface area contributed by atoms with Gasteiger partial charge in [-0.25, -0.2) is 0 Å². The lowest BCUT2D eigenvalue weighted by molar-refractivity contribution is -0.142. The second kappa shape index (κ2) is 6.34. The first-order valence-electron chi connectivity index (χ1n) is 8.40. The normalized spacial score (nSPS) is 33.7. The zero-order valence-corrected chi connectivity index (χ0v) is 12.7. The molecule has 0 bridgehead atoms. The molecule has 3 rings (SSSR count). The first-order valence-corrected chi connectivity index (χ1v) is 8.40. The van der Waals surface area contributed by atoms with Crippen LogP contribution in [0.1, 0.15) is 44.9 Å². The van der Waals surface area contributed by atoms with Crippen molar-refractivity contribution >= 4 is 11.9 Å². The van der Waals surface area contributed by atoms with E-state index in [4.69, 9.17) is 5.11 Å². The van der Waals surface area contributed by atoms with Crippen molar-refractivity contribution in [2.75, 3.05) is 26.2 Å². The Morgan fingerprint density at radius 3 is 2.52 bits per heavy atom. The van der Waals surface area contributed by atoms with Crippen molar-refractivity contribution in [2.45, 2.75) is 51.0 Å². The third-order valence-corrected chi connectivity index (χ3v) is 5.54.